The minimum atomic E-state index is -2.61. The molecule has 0 bridgehead atoms. The molecule has 0 unspecified atom stereocenters. The molecular weight excluding hydrogens is 208 g/mol. The van der Waals surface area contributed by atoms with E-state index in [9.17, 15) is 0 Å². The molecule has 2 nitrogen and oxygen atoms in total. The van der Waals surface area contributed by atoms with Crippen molar-refractivity contribution >= 4 is 15.9 Å². The second kappa shape index (κ2) is 3.62. The normalized spacial score (nSPS) is 19.7. The van der Waals surface area contributed by atoms with Gasteiger partial charge in [-0.15, -0.1) is 0 Å². The Morgan fingerprint density at radius 2 is 1.82 bits per heavy atom. The van der Waals surface area contributed by atoms with Crippen LogP contribution in [0.1, 0.15) is 8.22 Å². The highest BCUT2D eigenvalue weighted by Crippen LogP contribution is 2.33. The van der Waals surface area contributed by atoms with E-state index in [1.165, 1.54) is 18.2 Å². The van der Waals surface area contributed by atoms with Gasteiger partial charge in [-0.25, -0.2) is 0 Å². The molecule has 0 aliphatic heterocycles. The van der Waals surface area contributed by atoms with E-state index in [1.54, 1.807) is 0 Å². The minimum absolute atomic E-state index is 0.00764. The number of rotatable bonds is 2. The quantitative estimate of drug-likeness (QED) is 0.766. The topological polar surface area (TPSA) is 18.5 Å². The molecule has 0 spiro atoms. The van der Waals surface area contributed by atoms with Gasteiger partial charge in [0, 0.05) is 0 Å². The fourth-order valence-corrected chi connectivity index (χ4v) is 1.07. The number of hydrogen-bond donors (Lipinski definition) is 0. The van der Waals surface area contributed by atoms with E-state index >= 15 is 0 Å². The Kier molecular flexibility index (Phi) is 1.10. The molecule has 1 aromatic carbocycles. The third-order valence-corrected chi connectivity index (χ3v) is 1.93. The van der Waals surface area contributed by atoms with Crippen LogP contribution in [0.5, 0.6) is 11.5 Å². The van der Waals surface area contributed by atoms with E-state index in [2.05, 4.69) is 25.4 Å². The average molecular weight is 223 g/mol. The molecule has 0 N–H and O–H groups in total. The Bertz CT molecular complexity index is 366. The monoisotopic (exact) mass is 222 g/mol. The Labute approximate surface area is 82.7 Å². The van der Waals surface area contributed by atoms with Crippen LogP contribution in [0.3, 0.4) is 0 Å². The highest BCUT2D eigenvalue weighted by molar-refractivity contribution is 9.10. The molecule has 3 heteroatoms. The predicted molar refractivity (Wildman–Crippen MR) is 47.2 cm³/mol. The van der Waals surface area contributed by atoms with Gasteiger partial charge in [0.25, 0.3) is 0 Å². The zero-order valence-corrected chi connectivity index (χ0v) is 7.01. The molecule has 0 aliphatic rings. The van der Waals surface area contributed by atoms with Crippen molar-refractivity contribution in [1.82, 2.24) is 0 Å². The van der Waals surface area contributed by atoms with Crippen molar-refractivity contribution in [3.8, 4) is 11.5 Å². The van der Waals surface area contributed by atoms with Gasteiger partial charge in [-0.05, 0) is 28.1 Å². The highest BCUT2D eigenvalue weighted by atomic mass is 79.9. The summed E-state index contributed by atoms with van der Waals surface area (Å²) in [5.41, 5.74) is 0. The van der Waals surface area contributed by atoms with Gasteiger partial charge in [-0.2, -0.15) is 0 Å². The number of ether oxygens (including phenoxy) is 2. The van der Waals surface area contributed by atoms with E-state index in [-0.39, 0.29) is 16.0 Å². The Hall–Kier alpha value is -0.700. The molecule has 1 rings (SSSR count). The lowest BCUT2D eigenvalue weighted by atomic mass is 10.3. The summed E-state index contributed by atoms with van der Waals surface area (Å²) < 4.78 is 51.2. The minimum Gasteiger partial charge on any atom is -0.495 e. The summed E-state index contributed by atoms with van der Waals surface area (Å²) in [4.78, 5) is 0. The largest absolute Gasteiger partial charge is 0.495 e. The zero-order chi connectivity index (χ0) is 13.3. The number of halogens is 1. The summed E-state index contributed by atoms with van der Waals surface area (Å²) in [6.45, 7) is 0. The first-order chi connectivity index (χ1) is 7.58. The van der Waals surface area contributed by atoms with Gasteiger partial charge >= 0.3 is 0 Å². The number of methoxy groups -OCH3 is 2. The van der Waals surface area contributed by atoms with Crippen LogP contribution in [0.25, 0.3) is 0 Å². The van der Waals surface area contributed by atoms with E-state index in [4.69, 9.17) is 8.22 Å². The SMILES string of the molecule is [2H]C([2H])([2H])Oc1cccc(OC([2H])([2H])[2H])c1Br. The summed E-state index contributed by atoms with van der Waals surface area (Å²) in [6, 6.07) is 4.22. The van der Waals surface area contributed by atoms with Gasteiger partial charge in [0.15, 0.2) is 0 Å². The van der Waals surface area contributed by atoms with Crippen molar-refractivity contribution in [3.05, 3.63) is 22.7 Å². The van der Waals surface area contributed by atoms with Gasteiger partial charge in [-0.3, -0.25) is 0 Å². The van der Waals surface area contributed by atoms with Crippen molar-refractivity contribution in [1.29, 1.82) is 0 Å². The summed E-state index contributed by atoms with van der Waals surface area (Å²) in [5, 5.41) is 0. The maximum absolute atomic E-state index is 6.95. The Morgan fingerprint density at radius 1 is 1.27 bits per heavy atom. The molecule has 1 aromatic rings. The Morgan fingerprint density at radius 3 is 2.27 bits per heavy atom. The maximum atomic E-state index is 6.95. The first kappa shape index (κ1) is 3.35. The number of hydrogen-bond acceptors (Lipinski definition) is 2. The molecule has 0 saturated carbocycles. The fourth-order valence-electron chi connectivity index (χ4n) is 0.648. The first-order valence-corrected chi connectivity index (χ1v) is 3.54. The molecule has 60 valence electrons. The van der Waals surface area contributed by atoms with Gasteiger partial charge < -0.3 is 9.47 Å². The van der Waals surface area contributed by atoms with Crippen molar-refractivity contribution in [2.45, 2.75) is 0 Å². The second-order valence-corrected chi connectivity index (χ2v) is 2.57. The molecule has 0 aromatic heterocycles. The molecule has 0 heterocycles. The summed E-state index contributed by atoms with van der Waals surface area (Å²) in [5.74, 6) is -0.0153. The van der Waals surface area contributed by atoms with E-state index < -0.39 is 14.1 Å². The molecular formula is C8H9BrO2. The van der Waals surface area contributed by atoms with E-state index in [0.717, 1.165) is 0 Å². The van der Waals surface area contributed by atoms with Crippen LogP contribution in [0.4, 0.5) is 0 Å². The molecule has 0 amide bonds. The van der Waals surface area contributed by atoms with Crippen LogP contribution in [-0.4, -0.2) is 14.1 Å². The standard InChI is InChI=1S/C8H9BrO2/c1-10-6-4-3-5-7(11-2)8(6)9/h3-5H,1-2H3/i1D3,2D3. The number of benzene rings is 1. The van der Waals surface area contributed by atoms with Crippen LogP contribution in [0.2, 0.25) is 0 Å². The lowest BCUT2D eigenvalue weighted by Crippen LogP contribution is -1.88. The highest BCUT2D eigenvalue weighted by Gasteiger charge is 2.04. The summed E-state index contributed by atoms with van der Waals surface area (Å²) in [7, 11) is -5.22. The third kappa shape index (κ3) is 1.66. The van der Waals surface area contributed by atoms with Crippen molar-refractivity contribution < 1.29 is 17.7 Å². The average Bonchev–Trinajstić information content (AvgIpc) is 2.07. The lowest BCUT2D eigenvalue weighted by Gasteiger charge is -2.06. The van der Waals surface area contributed by atoms with Crippen LogP contribution in [0, 0.1) is 0 Å². The fraction of sp³-hybridized carbons (Fsp3) is 0.250. The van der Waals surface area contributed by atoms with Gasteiger partial charge in [0.1, 0.15) is 16.0 Å². The van der Waals surface area contributed by atoms with E-state index in [1.807, 2.05) is 0 Å². The smallest absolute Gasteiger partial charge is 0.136 e. The molecule has 11 heavy (non-hydrogen) atoms. The predicted octanol–water partition coefficient (Wildman–Crippen LogP) is 2.47. The summed E-state index contributed by atoms with van der Waals surface area (Å²) in [6.07, 6.45) is 0. The zero-order valence-electron chi connectivity index (χ0n) is 11.4. The van der Waals surface area contributed by atoms with Gasteiger partial charge in [0.2, 0.25) is 0 Å². The lowest BCUT2D eigenvalue weighted by molar-refractivity contribution is 0.389. The molecule has 0 radical (unpaired) electrons. The molecule has 0 saturated heterocycles. The van der Waals surface area contributed by atoms with Crippen LogP contribution >= 0.6 is 15.9 Å². The van der Waals surface area contributed by atoms with E-state index in [0.29, 0.717) is 0 Å². The molecule has 0 aliphatic carbocycles. The second-order valence-electron chi connectivity index (χ2n) is 1.77. The molecule has 0 atom stereocenters. The van der Waals surface area contributed by atoms with Crippen LogP contribution in [0.15, 0.2) is 22.7 Å². The molecule has 0 fully saturated rings. The maximum Gasteiger partial charge on any atom is 0.136 e. The van der Waals surface area contributed by atoms with Crippen LogP contribution in [-0.2, 0) is 0 Å². The summed E-state index contributed by atoms with van der Waals surface area (Å²) >= 11 is 3.04. The van der Waals surface area contributed by atoms with Gasteiger partial charge in [-0.1, -0.05) is 6.07 Å². The van der Waals surface area contributed by atoms with Gasteiger partial charge in [0.05, 0.1) is 22.3 Å². The Balaban J connectivity index is 3.00. The van der Waals surface area contributed by atoms with Crippen molar-refractivity contribution in [3.63, 3.8) is 0 Å². The van der Waals surface area contributed by atoms with Crippen LogP contribution < -0.4 is 9.47 Å². The first-order valence-electron chi connectivity index (χ1n) is 5.75. The third-order valence-electron chi connectivity index (χ3n) is 1.15. The van der Waals surface area contributed by atoms with Crippen molar-refractivity contribution in [2.24, 2.45) is 0 Å². The van der Waals surface area contributed by atoms with Crippen molar-refractivity contribution in [2.75, 3.05) is 14.1 Å².